The average Bonchev–Trinajstić information content (AvgIpc) is 2.50. The molecule has 0 spiro atoms. The van der Waals surface area contributed by atoms with Gasteiger partial charge < -0.3 is 5.32 Å². The fraction of sp³-hybridized carbons (Fsp3) is 0.462. The van der Waals surface area contributed by atoms with E-state index in [1.807, 2.05) is 0 Å². The lowest BCUT2D eigenvalue weighted by molar-refractivity contribution is -0.384. The van der Waals surface area contributed by atoms with Gasteiger partial charge in [0.2, 0.25) is 10.0 Å². The van der Waals surface area contributed by atoms with Gasteiger partial charge in [-0.25, -0.2) is 12.7 Å². The second kappa shape index (κ2) is 8.23. The Morgan fingerprint density at radius 2 is 2.09 bits per heavy atom. The van der Waals surface area contributed by atoms with Crippen LogP contribution in [0.4, 0.5) is 5.69 Å². The molecule has 0 bridgehead atoms. The van der Waals surface area contributed by atoms with Crippen molar-refractivity contribution in [3.8, 4) is 0 Å². The summed E-state index contributed by atoms with van der Waals surface area (Å²) < 4.78 is 24.3. The second-order valence-electron chi connectivity index (χ2n) is 4.75. The van der Waals surface area contributed by atoms with Gasteiger partial charge in [-0.1, -0.05) is 11.6 Å². The Balaban J connectivity index is 2.54. The number of nitrogens with one attached hydrogen (secondary N) is 1. The molecule has 1 rings (SSSR count). The topological polar surface area (TPSA) is 110 Å². The quantitative estimate of drug-likeness (QED) is 0.429. The fourth-order valence-electron chi connectivity index (χ4n) is 1.76. The summed E-state index contributed by atoms with van der Waals surface area (Å²) in [5.74, 6) is -0.445. The van der Waals surface area contributed by atoms with E-state index in [4.69, 9.17) is 11.6 Å². The van der Waals surface area contributed by atoms with Gasteiger partial charge in [0.25, 0.3) is 11.6 Å². The van der Waals surface area contributed by atoms with Gasteiger partial charge >= 0.3 is 0 Å². The Hall–Kier alpha value is -1.71. The third-order valence-electron chi connectivity index (χ3n) is 3.18. The van der Waals surface area contributed by atoms with Crippen LogP contribution in [0, 0.1) is 10.1 Å². The molecular weight excluding hydrogens is 346 g/mol. The molecule has 0 unspecified atom stereocenters. The van der Waals surface area contributed by atoms with Crippen molar-refractivity contribution in [1.82, 2.24) is 9.62 Å². The van der Waals surface area contributed by atoms with E-state index in [0.29, 0.717) is 6.42 Å². The molecule has 1 aromatic rings. The zero-order valence-electron chi connectivity index (χ0n) is 12.8. The number of nitro groups is 1. The summed E-state index contributed by atoms with van der Waals surface area (Å²) in [6.45, 7) is 2.10. The number of sulfonamides is 1. The van der Waals surface area contributed by atoms with Gasteiger partial charge in [0.1, 0.15) is 0 Å². The molecule has 0 fully saturated rings. The Labute approximate surface area is 139 Å². The lowest BCUT2D eigenvalue weighted by Gasteiger charge is -2.15. The predicted molar refractivity (Wildman–Crippen MR) is 87.1 cm³/mol. The van der Waals surface area contributed by atoms with E-state index < -0.39 is 20.9 Å². The van der Waals surface area contributed by atoms with Crippen molar-refractivity contribution >= 4 is 33.2 Å². The highest BCUT2D eigenvalue weighted by atomic mass is 35.5. The van der Waals surface area contributed by atoms with Crippen LogP contribution in [-0.4, -0.2) is 49.4 Å². The van der Waals surface area contributed by atoms with Crippen LogP contribution in [0.2, 0.25) is 5.02 Å². The SMILES string of the molecule is CCS(=O)(=O)N(C)CCCNC(=O)c1ccc([N+](=O)[O-])cc1Cl. The molecule has 0 aromatic heterocycles. The largest absolute Gasteiger partial charge is 0.352 e. The maximum absolute atomic E-state index is 11.9. The first-order valence-corrected chi connectivity index (χ1v) is 8.84. The van der Waals surface area contributed by atoms with E-state index in [1.165, 1.54) is 23.5 Å². The number of rotatable bonds is 8. The highest BCUT2D eigenvalue weighted by molar-refractivity contribution is 7.89. The van der Waals surface area contributed by atoms with Crippen molar-refractivity contribution in [3.05, 3.63) is 38.9 Å². The van der Waals surface area contributed by atoms with Gasteiger partial charge in [0, 0.05) is 32.3 Å². The van der Waals surface area contributed by atoms with Crippen molar-refractivity contribution in [2.75, 3.05) is 25.9 Å². The minimum absolute atomic E-state index is 0.0117. The molecule has 10 heteroatoms. The summed E-state index contributed by atoms with van der Waals surface area (Å²) in [4.78, 5) is 22.0. The van der Waals surface area contributed by atoms with Crippen LogP contribution in [0.5, 0.6) is 0 Å². The van der Waals surface area contributed by atoms with Crippen LogP contribution < -0.4 is 5.32 Å². The molecule has 0 atom stereocenters. The smallest absolute Gasteiger partial charge is 0.270 e. The molecule has 0 saturated carbocycles. The maximum atomic E-state index is 11.9. The van der Waals surface area contributed by atoms with Crippen molar-refractivity contribution in [2.24, 2.45) is 0 Å². The number of hydrogen-bond donors (Lipinski definition) is 1. The van der Waals surface area contributed by atoms with Crippen LogP contribution in [0.3, 0.4) is 0 Å². The van der Waals surface area contributed by atoms with Crippen LogP contribution >= 0.6 is 11.6 Å². The van der Waals surface area contributed by atoms with E-state index in [-0.39, 0.29) is 35.1 Å². The molecule has 23 heavy (non-hydrogen) atoms. The van der Waals surface area contributed by atoms with Gasteiger partial charge in [-0.05, 0) is 19.4 Å². The van der Waals surface area contributed by atoms with E-state index in [2.05, 4.69) is 5.32 Å². The number of carbonyl (C=O) groups excluding carboxylic acids is 1. The average molecular weight is 364 g/mol. The molecule has 0 saturated heterocycles. The summed E-state index contributed by atoms with van der Waals surface area (Å²) in [5, 5.41) is 13.2. The number of benzene rings is 1. The minimum atomic E-state index is -3.24. The summed E-state index contributed by atoms with van der Waals surface area (Å²) in [5.41, 5.74) is -0.0650. The predicted octanol–water partition coefficient (Wildman–Crippen LogP) is 1.65. The van der Waals surface area contributed by atoms with Crippen molar-refractivity contribution in [3.63, 3.8) is 0 Å². The first-order chi connectivity index (χ1) is 10.7. The zero-order chi connectivity index (χ0) is 17.6. The van der Waals surface area contributed by atoms with Crippen molar-refractivity contribution in [2.45, 2.75) is 13.3 Å². The number of nitrogens with zero attached hydrogens (tertiary/aromatic N) is 2. The number of halogens is 1. The molecule has 0 aliphatic carbocycles. The van der Waals surface area contributed by atoms with E-state index in [9.17, 15) is 23.3 Å². The number of carbonyl (C=O) groups is 1. The molecule has 1 aromatic carbocycles. The molecule has 128 valence electrons. The Morgan fingerprint density at radius 1 is 1.43 bits per heavy atom. The van der Waals surface area contributed by atoms with E-state index in [0.717, 1.165) is 6.07 Å². The highest BCUT2D eigenvalue weighted by Gasteiger charge is 2.16. The second-order valence-corrected chi connectivity index (χ2v) is 7.52. The number of nitro benzene ring substituents is 1. The molecule has 0 heterocycles. The maximum Gasteiger partial charge on any atom is 0.270 e. The zero-order valence-corrected chi connectivity index (χ0v) is 14.4. The number of amides is 1. The third kappa shape index (κ3) is 5.45. The monoisotopic (exact) mass is 363 g/mol. The summed E-state index contributed by atoms with van der Waals surface area (Å²) in [6.07, 6.45) is 0.437. The molecular formula is C13H18ClN3O5S. The summed E-state index contributed by atoms with van der Waals surface area (Å²) in [7, 11) is -1.76. The third-order valence-corrected chi connectivity index (χ3v) is 5.36. The van der Waals surface area contributed by atoms with E-state index in [1.54, 1.807) is 6.92 Å². The fourth-order valence-corrected chi connectivity index (χ4v) is 2.87. The molecule has 0 aliphatic rings. The highest BCUT2D eigenvalue weighted by Crippen LogP contribution is 2.22. The van der Waals surface area contributed by atoms with Gasteiger partial charge in [-0.3, -0.25) is 14.9 Å². The van der Waals surface area contributed by atoms with Crippen molar-refractivity contribution < 1.29 is 18.1 Å². The van der Waals surface area contributed by atoms with Crippen LogP contribution in [-0.2, 0) is 10.0 Å². The summed E-state index contributed by atoms with van der Waals surface area (Å²) >= 11 is 5.86. The normalized spacial score (nSPS) is 11.5. The summed E-state index contributed by atoms with van der Waals surface area (Å²) in [6, 6.07) is 3.59. The van der Waals surface area contributed by atoms with Crippen LogP contribution in [0.15, 0.2) is 18.2 Å². The van der Waals surface area contributed by atoms with Gasteiger partial charge in [0.15, 0.2) is 0 Å². The van der Waals surface area contributed by atoms with Crippen LogP contribution in [0.25, 0.3) is 0 Å². The standard InChI is InChI=1S/C13H18ClN3O5S/c1-3-23(21,22)16(2)8-4-7-15-13(18)11-6-5-10(17(19)20)9-12(11)14/h5-6,9H,3-4,7-8H2,1-2H3,(H,15,18). The minimum Gasteiger partial charge on any atom is -0.352 e. The number of non-ortho nitro benzene ring substituents is 1. The molecule has 8 nitrogen and oxygen atoms in total. The van der Waals surface area contributed by atoms with Crippen molar-refractivity contribution in [1.29, 1.82) is 0 Å². The Morgan fingerprint density at radius 3 is 2.61 bits per heavy atom. The van der Waals surface area contributed by atoms with Gasteiger partial charge in [-0.15, -0.1) is 0 Å². The molecule has 1 amide bonds. The first-order valence-electron chi connectivity index (χ1n) is 6.85. The molecule has 0 radical (unpaired) electrons. The Bertz CT molecular complexity index is 693. The lowest BCUT2D eigenvalue weighted by Crippen LogP contribution is -2.32. The first kappa shape index (κ1) is 19.3. The molecule has 1 N–H and O–H groups in total. The number of hydrogen-bond acceptors (Lipinski definition) is 5. The van der Waals surface area contributed by atoms with Gasteiger partial charge in [-0.2, -0.15) is 0 Å². The Kier molecular flexibility index (Phi) is 6.92. The van der Waals surface area contributed by atoms with Crippen LogP contribution in [0.1, 0.15) is 23.7 Å². The molecule has 0 aliphatic heterocycles. The van der Waals surface area contributed by atoms with E-state index >= 15 is 0 Å². The van der Waals surface area contributed by atoms with Gasteiger partial charge in [0.05, 0.1) is 21.3 Å². The lowest BCUT2D eigenvalue weighted by atomic mass is 10.2.